The minimum atomic E-state index is -0.0657. The van der Waals surface area contributed by atoms with Gasteiger partial charge in [-0.1, -0.05) is 24.3 Å². The van der Waals surface area contributed by atoms with Crippen molar-refractivity contribution in [3.05, 3.63) is 35.4 Å². The van der Waals surface area contributed by atoms with Gasteiger partial charge in [0, 0.05) is 5.75 Å². The molecule has 1 fully saturated rings. The second kappa shape index (κ2) is 5.79. The lowest BCUT2D eigenvalue weighted by Crippen LogP contribution is -2.13. The van der Waals surface area contributed by atoms with E-state index in [9.17, 15) is 4.79 Å². The number of ether oxygens (including phenoxy) is 1. The predicted molar refractivity (Wildman–Crippen MR) is 75.6 cm³/mol. The molecule has 1 aromatic rings. The third-order valence-corrected chi connectivity index (χ3v) is 4.96. The summed E-state index contributed by atoms with van der Waals surface area (Å²) in [5.41, 5.74) is 2.99. The van der Waals surface area contributed by atoms with E-state index in [4.69, 9.17) is 4.74 Å². The molecule has 2 rings (SSSR count). The lowest BCUT2D eigenvalue weighted by atomic mass is 10.1. The average molecular weight is 264 g/mol. The molecule has 98 valence electrons. The van der Waals surface area contributed by atoms with Crippen LogP contribution in [0, 0.1) is 12.3 Å². The fraction of sp³-hybridized carbons (Fsp3) is 0.533. The van der Waals surface area contributed by atoms with Gasteiger partial charge in [-0.2, -0.15) is 11.8 Å². The quantitative estimate of drug-likeness (QED) is 0.735. The van der Waals surface area contributed by atoms with Crippen LogP contribution in [0.5, 0.6) is 0 Å². The second-order valence-corrected chi connectivity index (χ2v) is 6.16. The van der Waals surface area contributed by atoms with Crippen LogP contribution in [0.1, 0.15) is 30.4 Å². The Morgan fingerprint density at radius 1 is 1.39 bits per heavy atom. The van der Waals surface area contributed by atoms with Crippen molar-refractivity contribution >= 4 is 17.7 Å². The first-order valence-electron chi connectivity index (χ1n) is 6.34. The minimum Gasteiger partial charge on any atom is -0.469 e. The molecule has 1 saturated carbocycles. The summed E-state index contributed by atoms with van der Waals surface area (Å²) in [5.74, 6) is 2.04. The van der Waals surface area contributed by atoms with Crippen molar-refractivity contribution in [2.24, 2.45) is 5.41 Å². The fourth-order valence-corrected chi connectivity index (χ4v) is 3.55. The van der Waals surface area contributed by atoms with Crippen molar-refractivity contribution in [2.75, 3.05) is 12.9 Å². The van der Waals surface area contributed by atoms with Gasteiger partial charge in [0.2, 0.25) is 0 Å². The van der Waals surface area contributed by atoms with Gasteiger partial charge in [-0.25, -0.2) is 0 Å². The highest BCUT2D eigenvalue weighted by atomic mass is 32.2. The number of hydrogen-bond acceptors (Lipinski definition) is 3. The number of benzene rings is 1. The number of aryl methyl sites for hydroxylation is 1. The molecule has 0 aromatic heterocycles. The van der Waals surface area contributed by atoms with Gasteiger partial charge in [-0.15, -0.1) is 0 Å². The summed E-state index contributed by atoms with van der Waals surface area (Å²) >= 11 is 1.93. The van der Waals surface area contributed by atoms with Crippen molar-refractivity contribution < 1.29 is 9.53 Å². The molecule has 0 N–H and O–H groups in total. The topological polar surface area (TPSA) is 26.3 Å². The van der Waals surface area contributed by atoms with Crippen LogP contribution in [-0.4, -0.2) is 18.8 Å². The molecular formula is C15H20O2S. The molecule has 1 aromatic carbocycles. The third kappa shape index (κ3) is 3.52. The van der Waals surface area contributed by atoms with Gasteiger partial charge in [-0.3, -0.25) is 4.79 Å². The maximum Gasteiger partial charge on any atom is 0.306 e. The number of methoxy groups -OCH3 is 1. The van der Waals surface area contributed by atoms with Crippen LogP contribution in [0.4, 0.5) is 0 Å². The van der Waals surface area contributed by atoms with Crippen molar-refractivity contribution in [3.63, 3.8) is 0 Å². The standard InChI is InChI=1S/C15H20O2S/c1-12-5-3-4-6-13(12)10-18-11-15(7-8-15)9-14(16)17-2/h3-6H,7-11H2,1-2H3. The second-order valence-electron chi connectivity index (χ2n) is 5.17. The molecule has 0 unspecified atom stereocenters. The van der Waals surface area contributed by atoms with Crippen LogP contribution >= 0.6 is 11.8 Å². The van der Waals surface area contributed by atoms with E-state index in [0.717, 1.165) is 11.5 Å². The van der Waals surface area contributed by atoms with Gasteiger partial charge in [0.05, 0.1) is 13.5 Å². The van der Waals surface area contributed by atoms with Crippen molar-refractivity contribution in [1.29, 1.82) is 0 Å². The van der Waals surface area contributed by atoms with E-state index >= 15 is 0 Å². The molecule has 0 atom stereocenters. The number of hydrogen-bond donors (Lipinski definition) is 0. The molecular weight excluding hydrogens is 244 g/mol. The Morgan fingerprint density at radius 2 is 2.11 bits per heavy atom. The van der Waals surface area contributed by atoms with E-state index in [-0.39, 0.29) is 11.4 Å². The van der Waals surface area contributed by atoms with E-state index in [2.05, 4.69) is 31.2 Å². The molecule has 18 heavy (non-hydrogen) atoms. The highest BCUT2D eigenvalue weighted by Crippen LogP contribution is 2.51. The zero-order chi connectivity index (χ0) is 13.0. The molecule has 0 spiro atoms. The molecule has 0 radical (unpaired) electrons. The van der Waals surface area contributed by atoms with Crippen molar-refractivity contribution in [3.8, 4) is 0 Å². The zero-order valence-corrected chi connectivity index (χ0v) is 11.9. The van der Waals surface area contributed by atoms with E-state index in [0.29, 0.717) is 6.42 Å². The first kappa shape index (κ1) is 13.5. The van der Waals surface area contributed by atoms with Gasteiger partial charge in [0.15, 0.2) is 0 Å². The van der Waals surface area contributed by atoms with Crippen LogP contribution in [-0.2, 0) is 15.3 Å². The maximum absolute atomic E-state index is 11.3. The third-order valence-electron chi connectivity index (χ3n) is 3.63. The van der Waals surface area contributed by atoms with Crippen LogP contribution < -0.4 is 0 Å². The lowest BCUT2D eigenvalue weighted by molar-refractivity contribution is -0.141. The molecule has 0 bridgehead atoms. The Balaban J connectivity index is 1.79. The van der Waals surface area contributed by atoms with E-state index in [1.54, 1.807) is 0 Å². The fourth-order valence-electron chi connectivity index (χ4n) is 2.08. The summed E-state index contributed by atoms with van der Waals surface area (Å²) in [4.78, 5) is 11.3. The van der Waals surface area contributed by atoms with Gasteiger partial charge >= 0.3 is 5.97 Å². The highest BCUT2D eigenvalue weighted by Gasteiger charge is 2.44. The minimum absolute atomic E-state index is 0.0657. The number of carbonyl (C=O) groups excluding carboxylic acids is 1. The number of esters is 1. The van der Waals surface area contributed by atoms with Crippen LogP contribution in [0.15, 0.2) is 24.3 Å². The van der Waals surface area contributed by atoms with Crippen LogP contribution in [0.3, 0.4) is 0 Å². The van der Waals surface area contributed by atoms with E-state index in [1.165, 1.54) is 31.1 Å². The molecule has 0 aliphatic heterocycles. The molecule has 0 amide bonds. The molecule has 3 heteroatoms. The monoisotopic (exact) mass is 264 g/mol. The van der Waals surface area contributed by atoms with Gasteiger partial charge in [0.25, 0.3) is 0 Å². The Hall–Kier alpha value is -0.960. The Kier molecular flexibility index (Phi) is 4.33. The Labute approximate surface area is 113 Å². The summed E-state index contributed by atoms with van der Waals surface area (Å²) in [6.07, 6.45) is 2.93. The summed E-state index contributed by atoms with van der Waals surface area (Å²) < 4.78 is 4.76. The zero-order valence-electron chi connectivity index (χ0n) is 11.1. The number of rotatable bonds is 6. The lowest BCUT2D eigenvalue weighted by Gasteiger charge is -2.13. The predicted octanol–water partition coefficient (Wildman–Crippen LogP) is 3.57. The molecule has 0 heterocycles. The summed E-state index contributed by atoms with van der Waals surface area (Å²) in [6, 6.07) is 8.49. The van der Waals surface area contributed by atoms with Gasteiger partial charge in [-0.05, 0) is 42.1 Å². The molecule has 1 aliphatic rings. The average Bonchev–Trinajstić information content (AvgIpc) is 3.11. The first-order chi connectivity index (χ1) is 8.65. The Bertz CT molecular complexity index is 424. The van der Waals surface area contributed by atoms with E-state index in [1.807, 2.05) is 11.8 Å². The largest absolute Gasteiger partial charge is 0.469 e. The molecule has 2 nitrogen and oxygen atoms in total. The van der Waals surface area contributed by atoms with Crippen LogP contribution in [0.2, 0.25) is 0 Å². The number of thioether (sulfide) groups is 1. The summed E-state index contributed by atoms with van der Waals surface area (Å²) in [5, 5.41) is 0. The van der Waals surface area contributed by atoms with Crippen molar-refractivity contribution in [1.82, 2.24) is 0 Å². The van der Waals surface area contributed by atoms with Crippen LogP contribution in [0.25, 0.3) is 0 Å². The summed E-state index contributed by atoms with van der Waals surface area (Å²) in [6.45, 7) is 2.15. The van der Waals surface area contributed by atoms with Gasteiger partial charge < -0.3 is 4.74 Å². The normalized spacial score (nSPS) is 16.3. The van der Waals surface area contributed by atoms with Crippen molar-refractivity contribution in [2.45, 2.75) is 31.9 Å². The first-order valence-corrected chi connectivity index (χ1v) is 7.50. The Morgan fingerprint density at radius 3 is 2.72 bits per heavy atom. The maximum atomic E-state index is 11.3. The summed E-state index contributed by atoms with van der Waals surface area (Å²) in [7, 11) is 1.47. The molecule has 0 saturated heterocycles. The highest BCUT2D eigenvalue weighted by molar-refractivity contribution is 7.98. The van der Waals surface area contributed by atoms with Gasteiger partial charge in [0.1, 0.15) is 0 Å². The number of carbonyl (C=O) groups is 1. The van der Waals surface area contributed by atoms with E-state index < -0.39 is 0 Å². The molecule has 1 aliphatic carbocycles. The SMILES string of the molecule is COC(=O)CC1(CSCc2ccccc2C)CC1. The smallest absolute Gasteiger partial charge is 0.306 e.